The zero-order valence-electron chi connectivity index (χ0n) is 12.6. The Morgan fingerprint density at radius 2 is 2.00 bits per heavy atom. The maximum absolute atomic E-state index is 12.9. The van der Waals surface area contributed by atoms with Gasteiger partial charge in [0.25, 0.3) is 0 Å². The second-order valence-corrected chi connectivity index (χ2v) is 5.60. The van der Waals surface area contributed by atoms with Crippen molar-refractivity contribution in [1.29, 1.82) is 0 Å². The van der Waals surface area contributed by atoms with E-state index in [4.69, 9.17) is 11.6 Å². The van der Waals surface area contributed by atoms with E-state index in [9.17, 15) is 13.2 Å². The van der Waals surface area contributed by atoms with Gasteiger partial charge in [-0.05, 0) is 31.8 Å². The summed E-state index contributed by atoms with van der Waals surface area (Å²) >= 11 is 5.76. The molecule has 8 heteroatoms. The summed E-state index contributed by atoms with van der Waals surface area (Å²) in [6.07, 6.45) is -1.45. The molecule has 1 atom stereocenters. The van der Waals surface area contributed by atoms with Gasteiger partial charge < -0.3 is 10.2 Å². The summed E-state index contributed by atoms with van der Waals surface area (Å²) in [5, 5.41) is 3.29. The average molecular weight is 345 g/mol. The van der Waals surface area contributed by atoms with Crippen molar-refractivity contribution in [3.05, 3.63) is 52.9 Å². The molecule has 0 spiro atoms. The molecule has 0 fully saturated rings. The van der Waals surface area contributed by atoms with Crippen molar-refractivity contribution in [2.24, 2.45) is 0 Å². The van der Waals surface area contributed by atoms with Crippen molar-refractivity contribution in [3.63, 3.8) is 0 Å². The van der Waals surface area contributed by atoms with Gasteiger partial charge >= 0.3 is 6.18 Å². The number of hydrogen-bond acceptors (Lipinski definition) is 4. The van der Waals surface area contributed by atoms with E-state index in [1.807, 2.05) is 4.90 Å². The molecule has 23 heavy (non-hydrogen) atoms. The molecule has 0 aliphatic carbocycles. The lowest BCUT2D eigenvalue weighted by molar-refractivity contribution is -0.137. The van der Waals surface area contributed by atoms with Gasteiger partial charge in [0.1, 0.15) is 11.0 Å². The summed E-state index contributed by atoms with van der Waals surface area (Å²) in [7, 11) is 3.60. The van der Waals surface area contributed by atoms with Crippen LogP contribution >= 0.6 is 11.6 Å². The third-order valence-electron chi connectivity index (χ3n) is 3.30. The second-order valence-electron chi connectivity index (χ2n) is 5.21. The van der Waals surface area contributed by atoms with Gasteiger partial charge in [-0.3, -0.25) is 4.98 Å². The molecule has 0 saturated carbocycles. The van der Waals surface area contributed by atoms with Crippen LogP contribution in [0.5, 0.6) is 0 Å². The van der Waals surface area contributed by atoms with Crippen LogP contribution in [0.3, 0.4) is 0 Å². The van der Waals surface area contributed by atoms with Gasteiger partial charge in [-0.15, -0.1) is 0 Å². The van der Waals surface area contributed by atoms with Crippen molar-refractivity contribution in [3.8, 4) is 0 Å². The van der Waals surface area contributed by atoms with E-state index in [0.29, 0.717) is 17.9 Å². The van der Waals surface area contributed by atoms with E-state index in [-0.39, 0.29) is 11.2 Å². The monoisotopic (exact) mass is 344 g/mol. The molecule has 0 amide bonds. The summed E-state index contributed by atoms with van der Waals surface area (Å²) in [6, 6.07) is 5.04. The zero-order valence-corrected chi connectivity index (χ0v) is 13.4. The minimum Gasteiger partial charge on any atom is -0.367 e. The van der Waals surface area contributed by atoms with Crippen LogP contribution < -0.4 is 5.32 Å². The third-order valence-corrected chi connectivity index (χ3v) is 3.49. The Morgan fingerprint density at radius 3 is 2.61 bits per heavy atom. The van der Waals surface area contributed by atoms with Crippen LogP contribution in [-0.2, 0) is 6.18 Å². The van der Waals surface area contributed by atoms with Crippen molar-refractivity contribution < 1.29 is 13.2 Å². The Morgan fingerprint density at radius 1 is 1.26 bits per heavy atom. The molecule has 1 aromatic carbocycles. The number of nitrogens with one attached hydrogen (secondary N) is 1. The van der Waals surface area contributed by atoms with E-state index < -0.39 is 11.7 Å². The first-order chi connectivity index (χ1) is 10.8. The Hall–Kier alpha value is -1.86. The average Bonchev–Trinajstić information content (AvgIpc) is 2.46. The number of halogens is 4. The standard InChI is InChI=1S/C15H16ClF3N4/c1-23(2)12(7-21-14-9-20-8-13(16)22-14)10-4-3-5-11(6-10)15(17,18)19/h3-6,8-9,12H,7H2,1-2H3,(H,21,22). The number of alkyl halides is 3. The summed E-state index contributed by atoms with van der Waals surface area (Å²) in [4.78, 5) is 9.79. The van der Waals surface area contributed by atoms with Gasteiger partial charge in [0.2, 0.25) is 0 Å². The molecule has 0 bridgehead atoms. The van der Waals surface area contributed by atoms with Crippen LogP contribution in [0.15, 0.2) is 36.7 Å². The molecule has 0 saturated heterocycles. The number of anilines is 1. The fourth-order valence-corrected chi connectivity index (χ4v) is 2.30. The highest BCUT2D eigenvalue weighted by Crippen LogP contribution is 2.31. The van der Waals surface area contributed by atoms with Crippen molar-refractivity contribution in [1.82, 2.24) is 14.9 Å². The van der Waals surface area contributed by atoms with Crippen LogP contribution in [0, 0.1) is 0 Å². The molecular formula is C15H16ClF3N4. The Balaban J connectivity index is 2.19. The molecule has 2 rings (SSSR count). The number of rotatable bonds is 5. The predicted octanol–water partition coefficient (Wildman–Crippen LogP) is 3.86. The molecule has 0 radical (unpaired) electrons. The normalized spacial score (nSPS) is 13.2. The van der Waals surface area contributed by atoms with Gasteiger partial charge in [-0.2, -0.15) is 13.2 Å². The zero-order chi connectivity index (χ0) is 17.0. The number of benzene rings is 1. The second kappa shape index (κ2) is 7.14. The minimum absolute atomic E-state index is 0.246. The lowest BCUT2D eigenvalue weighted by atomic mass is 10.0. The van der Waals surface area contributed by atoms with Crippen LogP contribution in [0.2, 0.25) is 5.15 Å². The molecular weight excluding hydrogens is 329 g/mol. The van der Waals surface area contributed by atoms with Crippen LogP contribution in [0.4, 0.5) is 19.0 Å². The molecule has 0 aliphatic rings. The first-order valence-corrected chi connectivity index (χ1v) is 7.20. The maximum atomic E-state index is 12.9. The molecule has 0 aliphatic heterocycles. The highest BCUT2D eigenvalue weighted by Gasteiger charge is 2.31. The molecule has 2 aromatic rings. The summed E-state index contributed by atoms with van der Waals surface area (Å²) in [6.45, 7) is 0.364. The third kappa shape index (κ3) is 4.80. The van der Waals surface area contributed by atoms with E-state index in [0.717, 1.165) is 12.1 Å². The fourth-order valence-electron chi connectivity index (χ4n) is 2.15. The largest absolute Gasteiger partial charge is 0.416 e. The van der Waals surface area contributed by atoms with Crippen molar-refractivity contribution >= 4 is 17.4 Å². The van der Waals surface area contributed by atoms with Gasteiger partial charge in [-0.25, -0.2) is 4.98 Å². The molecule has 1 aromatic heterocycles. The Labute approximate surface area is 137 Å². The lowest BCUT2D eigenvalue weighted by Gasteiger charge is -2.26. The van der Waals surface area contributed by atoms with E-state index in [2.05, 4.69) is 15.3 Å². The minimum atomic E-state index is -4.36. The van der Waals surface area contributed by atoms with Gasteiger partial charge in [-0.1, -0.05) is 23.7 Å². The topological polar surface area (TPSA) is 41.0 Å². The highest BCUT2D eigenvalue weighted by molar-refractivity contribution is 6.29. The fraction of sp³-hybridized carbons (Fsp3) is 0.333. The molecule has 1 heterocycles. The quantitative estimate of drug-likeness (QED) is 0.894. The first kappa shape index (κ1) is 17.5. The van der Waals surface area contributed by atoms with Crippen molar-refractivity contribution in [2.75, 3.05) is 26.0 Å². The van der Waals surface area contributed by atoms with Crippen LogP contribution in [-0.4, -0.2) is 35.5 Å². The van der Waals surface area contributed by atoms with E-state index in [1.54, 1.807) is 20.2 Å². The SMILES string of the molecule is CN(C)C(CNc1cncc(Cl)n1)c1cccc(C(F)(F)F)c1. The van der Waals surface area contributed by atoms with Crippen molar-refractivity contribution in [2.45, 2.75) is 12.2 Å². The highest BCUT2D eigenvalue weighted by atomic mass is 35.5. The van der Waals surface area contributed by atoms with Gasteiger partial charge in [0, 0.05) is 6.54 Å². The van der Waals surface area contributed by atoms with Crippen LogP contribution in [0.1, 0.15) is 17.2 Å². The number of nitrogens with zero attached hydrogens (tertiary/aromatic N) is 3. The molecule has 124 valence electrons. The number of likely N-dealkylation sites (N-methyl/N-ethyl adjacent to an activating group) is 1. The molecule has 1 unspecified atom stereocenters. The summed E-state index contributed by atoms with van der Waals surface area (Å²) in [5.41, 5.74) is -0.100. The maximum Gasteiger partial charge on any atom is 0.416 e. The first-order valence-electron chi connectivity index (χ1n) is 6.82. The number of aromatic nitrogens is 2. The Kier molecular flexibility index (Phi) is 5.43. The summed E-state index contributed by atoms with van der Waals surface area (Å²) in [5.74, 6) is 0.469. The Bertz CT molecular complexity index is 661. The van der Waals surface area contributed by atoms with E-state index in [1.165, 1.54) is 18.5 Å². The molecule has 4 nitrogen and oxygen atoms in total. The van der Waals surface area contributed by atoms with Gasteiger partial charge in [0.15, 0.2) is 0 Å². The summed E-state index contributed by atoms with van der Waals surface area (Å²) < 4.78 is 38.6. The smallest absolute Gasteiger partial charge is 0.367 e. The number of hydrogen-bond donors (Lipinski definition) is 1. The van der Waals surface area contributed by atoms with Crippen LogP contribution in [0.25, 0.3) is 0 Å². The van der Waals surface area contributed by atoms with E-state index >= 15 is 0 Å². The molecule has 1 N–H and O–H groups in total. The predicted molar refractivity (Wildman–Crippen MR) is 83.4 cm³/mol. The lowest BCUT2D eigenvalue weighted by Crippen LogP contribution is -2.27. The van der Waals surface area contributed by atoms with Gasteiger partial charge in [0.05, 0.1) is 24.0 Å².